The third kappa shape index (κ3) is 6.49. The molecular formula is C25H26BrNO4. The van der Waals surface area contributed by atoms with Gasteiger partial charge in [0.25, 0.3) is 0 Å². The van der Waals surface area contributed by atoms with Crippen molar-refractivity contribution in [2.45, 2.75) is 27.0 Å². The molecule has 0 unspecified atom stereocenters. The van der Waals surface area contributed by atoms with Crippen molar-refractivity contribution in [3.05, 3.63) is 87.9 Å². The number of halogens is 1. The molecule has 0 bridgehead atoms. The Labute approximate surface area is 191 Å². The number of nitrogens with one attached hydrogen (secondary N) is 1. The van der Waals surface area contributed by atoms with Gasteiger partial charge in [0.1, 0.15) is 6.61 Å². The Morgan fingerprint density at radius 2 is 1.65 bits per heavy atom. The van der Waals surface area contributed by atoms with Gasteiger partial charge in [-0.15, -0.1) is 0 Å². The number of benzene rings is 3. The molecule has 3 aromatic carbocycles. The highest BCUT2D eigenvalue weighted by Gasteiger charge is 2.13. The molecule has 1 N–H and O–H groups in total. The number of hydrogen-bond donors (Lipinski definition) is 1. The molecule has 0 saturated heterocycles. The zero-order chi connectivity index (χ0) is 22.1. The predicted molar refractivity (Wildman–Crippen MR) is 126 cm³/mol. The van der Waals surface area contributed by atoms with Crippen molar-refractivity contribution in [1.82, 2.24) is 0 Å². The van der Waals surface area contributed by atoms with Crippen molar-refractivity contribution in [1.29, 1.82) is 0 Å². The van der Waals surface area contributed by atoms with Gasteiger partial charge in [0.05, 0.1) is 23.2 Å². The van der Waals surface area contributed by atoms with Gasteiger partial charge in [-0.3, -0.25) is 0 Å². The maximum atomic E-state index is 11.8. The number of esters is 1. The largest absolute Gasteiger partial charge is 0.490 e. The fraction of sp³-hybridized carbons (Fsp3) is 0.240. The summed E-state index contributed by atoms with van der Waals surface area (Å²) in [5.74, 6) is 1.07. The van der Waals surface area contributed by atoms with Crippen molar-refractivity contribution in [3.63, 3.8) is 0 Å². The van der Waals surface area contributed by atoms with E-state index in [2.05, 4.69) is 21.2 Å². The molecule has 162 valence electrons. The topological polar surface area (TPSA) is 56.8 Å². The van der Waals surface area contributed by atoms with E-state index in [9.17, 15) is 4.79 Å². The van der Waals surface area contributed by atoms with Gasteiger partial charge in [0.2, 0.25) is 0 Å². The van der Waals surface area contributed by atoms with Crippen LogP contribution in [0.4, 0.5) is 5.69 Å². The number of ether oxygens (including phenoxy) is 3. The molecule has 3 aromatic rings. The third-order valence-corrected chi connectivity index (χ3v) is 5.08. The minimum absolute atomic E-state index is 0.314. The Kier molecular flexibility index (Phi) is 8.35. The molecule has 0 amide bonds. The number of anilines is 1. The Balaban J connectivity index is 1.68. The smallest absolute Gasteiger partial charge is 0.338 e. The molecule has 0 atom stereocenters. The Hall–Kier alpha value is -2.99. The van der Waals surface area contributed by atoms with Gasteiger partial charge in [0, 0.05) is 12.2 Å². The van der Waals surface area contributed by atoms with Crippen LogP contribution in [-0.2, 0) is 17.9 Å². The first-order valence-electron chi connectivity index (χ1n) is 10.2. The van der Waals surface area contributed by atoms with Crippen molar-refractivity contribution in [2.24, 2.45) is 0 Å². The van der Waals surface area contributed by atoms with Crippen LogP contribution < -0.4 is 14.8 Å². The van der Waals surface area contributed by atoms with Gasteiger partial charge in [-0.25, -0.2) is 4.79 Å². The van der Waals surface area contributed by atoms with Crippen LogP contribution in [-0.4, -0.2) is 19.2 Å². The molecular weight excluding hydrogens is 458 g/mol. The highest BCUT2D eigenvalue weighted by molar-refractivity contribution is 9.10. The second kappa shape index (κ2) is 11.4. The van der Waals surface area contributed by atoms with Gasteiger partial charge in [-0.05, 0) is 77.3 Å². The van der Waals surface area contributed by atoms with E-state index in [0.717, 1.165) is 21.3 Å². The van der Waals surface area contributed by atoms with Crippen LogP contribution in [0.5, 0.6) is 11.5 Å². The van der Waals surface area contributed by atoms with Crippen molar-refractivity contribution < 1.29 is 19.0 Å². The SMILES string of the molecule is CCOC(=O)c1ccc(NCc2cc(Br)c(OCc3ccccc3)c(OCC)c2)cc1. The van der Waals surface area contributed by atoms with Crippen LogP contribution in [0.1, 0.15) is 35.3 Å². The van der Waals surface area contributed by atoms with E-state index in [1.54, 1.807) is 19.1 Å². The molecule has 6 heteroatoms. The lowest BCUT2D eigenvalue weighted by molar-refractivity contribution is 0.0526. The van der Waals surface area contributed by atoms with E-state index >= 15 is 0 Å². The van der Waals surface area contributed by atoms with Gasteiger partial charge < -0.3 is 19.5 Å². The summed E-state index contributed by atoms with van der Waals surface area (Å²) in [4.78, 5) is 11.8. The van der Waals surface area contributed by atoms with Crippen molar-refractivity contribution in [2.75, 3.05) is 18.5 Å². The Morgan fingerprint density at radius 3 is 2.32 bits per heavy atom. The van der Waals surface area contributed by atoms with E-state index in [1.165, 1.54) is 0 Å². The summed E-state index contributed by atoms with van der Waals surface area (Å²) >= 11 is 3.62. The zero-order valence-electron chi connectivity index (χ0n) is 17.7. The summed E-state index contributed by atoms with van der Waals surface area (Å²) < 4.78 is 17.7. The molecule has 3 rings (SSSR count). The average Bonchev–Trinajstić information content (AvgIpc) is 2.78. The van der Waals surface area contributed by atoms with Crippen LogP contribution in [0.3, 0.4) is 0 Å². The molecule has 0 aromatic heterocycles. The van der Waals surface area contributed by atoms with Gasteiger partial charge in [0.15, 0.2) is 11.5 Å². The third-order valence-electron chi connectivity index (χ3n) is 4.49. The maximum Gasteiger partial charge on any atom is 0.338 e. The number of hydrogen-bond acceptors (Lipinski definition) is 5. The fourth-order valence-corrected chi connectivity index (χ4v) is 3.60. The zero-order valence-corrected chi connectivity index (χ0v) is 19.3. The first-order valence-corrected chi connectivity index (χ1v) is 11.0. The van der Waals surface area contributed by atoms with E-state index in [4.69, 9.17) is 14.2 Å². The summed E-state index contributed by atoms with van der Waals surface area (Å²) in [6.07, 6.45) is 0. The minimum Gasteiger partial charge on any atom is -0.490 e. The predicted octanol–water partition coefficient (Wildman–Crippen LogP) is 6.22. The highest BCUT2D eigenvalue weighted by atomic mass is 79.9. The molecule has 0 aliphatic heterocycles. The molecule has 0 spiro atoms. The normalized spacial score (nSPS) is 10.4. The standard InChI is InChI=1S/C25H26BrNO4/c1-3-29-23-15-19(14-22(26)24(23)31-17-18-8-6-5-7-9-18)16-27-21-12-10-20(11-13-21)25(28)30-4-2/h5-15,27H,3-4,16-17H2,1-2H3. The van der Waals surface area contributed by atoms with Crippen LogP contribution in [0, 0.1) is 0 Å². The van der Waals surface area contributed by atoms with Crippen LogP contribution in [0.25, 0.3) is 0 Å². The molecule has 0 saturated carbocycles. The molecule has 0 fully saturated rings. The maximum absolute atomic E-state index is 11.8. The van der Waals surface area contributed by atoms with Crippen molar-refractivity contribution in [3.8, 4) is 11.5 Å². The molecule has 31 heavy (non-hydrogen) atoms. The summed E-state index contributed by atoms with van der Waals surface area (Å²) in [7, 11) is 0. The fourth-order valence-electron chi connectivity index (χ4n) is 3.00. The molecule has 0 aliphatic rings. The molecule has 0 heterocycles. The second-order valence-corrected chi connectivity index (χ2v) is 7.62. The van der Waals surface area contributed by atoms with E-state index in [1.807, 2.05) is 61.5 Å². The van der Waals surface area contributed by atoms with Crippen LogP contribution >= 0.6 is 15.9 Å². The lowest BCUT2D eigenvalue weighted by atomic mass is 10.1. The Bertz CT molecular complexity index is 990. The van der Waals surface area contributed by atoms with Gasteiger partial charge >= 0.3 is 5.97 Å². The van der Waals surface area contributed by atoms with Crippen LogP contribution in [0.2, 0.25) is 0 Å². The quantitative estimate of drug-likeness (QED) is 0.347. The van der Waals surface area contributed by atoms with Crippen molar-refractivity contribution >= 4 is 27.6 Å². The van der Waals surface area contributed by atoms with Gasteiger partial charge in [-0.2, -0.15) is 0 Å². The highest BCUT2D eigenvalue weighted by Crippen LogP contribution is 2.37. The Morgan fingerprint density at radius 1 is 0.903 bits per heavy atom. The summed E-state index contributed by atoms with van der Waals surface area (Å²) in [5.41, 5.74) is 3.57. The number of rotatable bonds is 10. The molecule has 5 nitrogen and oxygen atoms in total. The van der Waals surface area contributed by atoms with E-state index < -0.39 is 0 Å². The monoisotopic (exact) mass is 483 g/mol. The minimum atomic E-state index is -0.314. The molecule has 0 radical (unpaired) electrons. The summed E-state index contributed by atoms with van der Waals surface area (Å²) in [6, 6.07) is 21.2. The van der Waals surface area contributed by atoms with E-state index in [0.29, 0.717) is 43.4 Å². The van der Waals surface area contributed by atoms with E-state index in [-0.39, 0.29) is 5.97 Å². The number of carbonyl (C=O) groups is 1. The molecule has 0 aliphatic carbocycles. The first kappa shape index (κ1) is 22.7. The summed E-state index contributed by atoms with van der Waals surface area (Å²) in [5, 5.41) is 3.36. The summed E-state index contributed by atoms with van der Waals surface area (Å²) in [6.45, 7) is 5.70. The average molecular weight is 484 g/mol. The second-order valence-electron chi connectivity index (χ2n) is 6.76. The first-order chi connectivity index (χ1) is 15.1. The van der Waals surface area contributed by atoms with Gasteiger partial charge in [-0.1, -0.05) is 30.3 Å². The lowest BCUT2D eigenvalue weighted by Gasteiger charge is -2.16. The lowest BCUT2D eigenvalue weighted by Crippen LogP contribution is -2.06. The van der Waals surface area contributed by atoms with Crippen LogP contribution in [0.15, 0.2) is 71.2 Å². The number of carbonyl (C=O) groups excluding carboxylic acids is 1.